The van der Waals surface area contributed by atoms with E-state index in [1.165, 1.54) is 11.3 Å². The molecule has 0 aliphatic rings. The van der Waals surface area contributed by atoms with Crippen molar-refractivity contribution in [2.24, 2.45) is 0 Å². The second-order valence-electron chi connectivity index (χ2n) is 3.42. The van der Waals surface area contributed by atoms with E-state index >= 15 is 0 Å². The highest BCUT2D eigenvalue weighted by atomic mass is 32.1. The number of aryl methyl sites for hydroxylation is 1. The van der Waals surface area contributed by atoms with Gasteiger partial charge >= 0.3 is 0 Å². The summed E-state index contributed by atoms with van der Waals surface area (Å²) in [6, 6.07) is 2.03. The molecule has 1 aromatic heterocycles. The predicted octanol–water partition coefficient (Wildman–Crippen LogP) is 2.59. The number of thiophene rings is 1. The number of carbonyl (C=O) groups is 1. The van der Waals surface area contributed by atoms with Gasteiger partial charge in [0.05, 0.1) is 4.88 Å². The van der Waals surface area contributed by atoms with Crippen LogP contribution in [-0.4, -0.2) is 11.9 Å². The van der Waals surface area contributed by atoms with Crippen LogP contribution in [0.15, 0.2) is 11.4 Å². The van der Waals surface area contributed by atoms with Gasteiger partial charge in [-0.1, -0.05) is 6.92 Å². The Morgan fingerprint density at radius 1 is 1.73 bits per heavy atom. The number of nitrogens with one attached hydrogen (secondary N) is 1. The number of amides is 1. The van der Waals surface area contributed by atoms with Crippen molar-refractivity contribution in [3.63, 3.8) is 0 Å². The van der Waals surface area contributed by atoms with Gasteiger partial charge in [-0.15, -0.1) is 23.7 Å². The summed E-state index contributed by atoms with van der Waals surface area (Å²) >= 11 is 1.46. The fourth-order valence-electron chi connectivity index (χ4n) is 1.30. The molecule has 0 spiro atoms. The number of hydrogen-bond acceptors (Lipinski definition) is 2. The molecule has 80 valence electrons. The van der Waals surface area contributed by atoms with E-state index in [4.69, 9.17) is 6.42 Å². The van der Waals surface area contributed by atoms with E-state index in [0.717, 1.165) is 16.9 Å². The molecular formula is C12H15NOS. The van der Waals surface area contributed by atoms with E-state index in [-0.39, 0.29) is 11.9 Å². The first kappa shape index (κ1) is 11.8. The minimum Gasteiger partial charge on any atom is -0.348 e. The van der Waals surface area contributed by atoms with Crippen LogP contribution in [0.5, 0.6) is 0 Å². The lowest BCUT2D eigenvalue weighted by molar-refractivity contribution is 0.0940. The average molecular weight is 221 g/mol. The fraction of sp³-hybridized carbons (Fsp3) is 0.417. The average Bonchev–Trinajstić information content (AvgIpc) is 2.63. The Morgan fingerprint density at radius 3 is 2.93 bits per heavy atom. The molecular weight excluding hydrogens is 206 g/mol. The smallest absolute Gasteiger partial charge is 0.261 e. The summed E-state index contributed by atoms with van der Waals surface area (Å²) in [6.45, 7) is 3.96. The van der Waals surface area contributed by atoms with Gasteiger partial charge in [0.25, 0.3) is 5.91 Å². The topological polar surface area (TPSA) is 29.1 Å². The molecule has 1 unspecified atom stereocenters. The minimum absolute atomic E-state index is 0.00963. The van der Waals surface area contributed by atoms with Crippen molar-refractivity contribution < 1.29 is 4.79 Å². The van der Waals surface area contributed by atoms with Gasteiger partial charge in [-0.25, -0.2) is 0 Å². The first-order chi connectivity index (χ1) is 7.19. The zero-order valence-electron chi connectivity index (χ0n) is 9.04. The van der Waals surface area contributed by atoms with E-state index in [2.05, 4.69) is 11.2 Å². The van der Waals surface area contributed by atoms with Gasteiger partial charge < -0.3 is 5.32 Å². The Hall–Kier alpha value is -1.27. The fourth-order valence-corrected chi connectivity index (χ4v) is 2.12. The molecule has 0 saturated heterocycles. The SMILES string of the molecule is C#CCC(CC)NC(=O)c1sccc1C. The van der Waals surface area contributed by atoms with Crippen molar-refractivity contribution in [3.8, 4) is 12.3 Å². The molecule has 0 radical (unpaired) electrons. The Morgan fingerprint density at radius 2 is 2.47 bits per heavy atom. The molecule has 0 bridgehead atoms. The Labute approximate surface area is 94.7 Å². The largest absolute Gasteiger partial charge is 0.348 e. The molecule has 1 amide bonds. The quantitative estimate of drug-likeness (QED) is 0.778. The number of terminal acetylenes is 1. The molecule has 0 aliphatic carbocycles. The summed E-state index contributed by atoms with van der Waals surface area (Å²) in [5, 5.41) is 4.86. The van der Waals surface area contributed by atoms with Crippen molar-refractivity contribution in [1.29, 1.82) is 0 Å². The third-order valence-corrected chi connectivity index (χ3v) is 3.28. The molecule has 3 heteroatoms. The highest BCUT2D eigenvalue weighted by Crippen LogP contribution is 2.15. The van der Waals surface area contributed by atoms with Crippen LogP contribution < -0.4 is 5.32 Å². The van der Waals surface area contributed by atoms with Gasteiger partial charge in [-0.2, -0.15) is 0 Å². The maximum Gasteiger partial charge on any atom is 0.261 e. The van der Waals surface area contributed by atoms with E-state index in [1.54, 1.807) is 0 Å². The maximum atomic E-state index is 11.8. The van der Waals surface area contributed by atoms with Crippen LogP contribution in [0.3, 0.4) is 0 Å². The van der Waals surface area contributed by atoms with Crippen LogP contribution in [0.1, 0.15) is 35.0 Å². The van der Waals surface area contributed by atoms with Gasteiger partial charge in [-0.3, -0.25) is 4.79 Å². The Bertz CT molecular complexity index is 375. The van der Waals surface area contributed by atoms with E-state index < -0.39 is 0 Å². The molecule has 15 heavy (non-hydrogen) atoms. The van der Waals surface area contributed by atoms with Crippen molar-refractivity contribution in [2.75, 3.05) is 0 Å². The Balaban J connectivity index is 2.63. The van der Waals surface area contributed by atoms with Crippen molar-refractivity contribution in [1.82, 2.24) is 5.32 Å². The first-order valence-electron chi connectivity index (χ1n) is 4.97. The highest BCUT2D eigenvalue weighted by molar-refractivity contribution is 7.12. The monoisotopic (exact) mass is 221 g/mol. The van der Waals surface area contributed by atoms with Crippen LogP contribution in [0.25, 0.3) is 0 Å². The van der Waals surface area contributed by atoms with Crippen molar-refractivity contribution in [3.05, 3.63) is 21.9 Å². The second-order valence-corrected chi connectivity index (χ2v) is 4.34. The number of rotatable bonds is 4. The molecule has 1 rings (SSSR count). The zero-order chi connectivity index (χ0) is 11.3. The first-order valence-corrected chi connectivity index (χ1v) is 5.85. The Kier molecular flexibility index (Phi) is 4.38. The van der Waals surface area contributed by atoms with Crippen molar-refractivity contribution >= 4 is 17.2 Å². The lowest BCUT2D eigenvalue weighted by Crippen LogP contribution is -2.33. The third-order valence-electron chi connectivity index (χ3n) is 2.26. The molecule has 0 saturated carbocycles. The lowest BCUT2D eigenvalue weighted by Gasteiger charge is -2.13. The zero-order valence-corrected chi connectivity index (χ0v) is 9.86. The molecule has 1 atom stereocenters. The minimum atomic E-state index is -0.00963. The van der Waals surface area contributed by atoms with Crippen LogP contribution in [0.2, 0.25) is 0 Å². The highest BCUT2D eigenvalue weighted by Gasteiger charge is 2.13. The van der Waals surface area contributed by atoms with Gasteiger partial charge in [0.2, 0.25) is 0 Å². The van der Waals surface area contributed by atoms with Gasteiger partial charge in [0.15, 0.2) is 0 Å². The lowest BCUT2D eigenvalue weighted by atomic mass is 10.1. The van der Waals surface area contributed by atoms with Crippen LogP contribution in [-0.2, 0) is 0 Å². The molecule has 0 aromatic carbocycles. The van der Waals surface area contributed by atoms with Gasteiger partial charge in [0.1, 0.15) is 0 Å². The van der Waals surface area contributed by atoms with Crippen LogP contribution in [0, 0.1) is 19.3 Å². The summed E-state index contributed by atoms with van der Waals surface area (Å²) in [7, 11) is 0. The molecule has 1 aromatic rings. The molecule has 1 N–H and O–H groups in total. The molecule has 0 aliphatic heterocycles. The van der Waals surface area contributed by atoms with Crippen molar-refractivity contribution in [2.45, 2.75) is 32.7 Å². The third kappa shape index (κ3) is 3.10. The molecule has 0 fully saturated rings. The van der Waals surface area contributed by atoms with Crippen LogP contribution in [0.4, 0.5) is 0 Å². The molecule has 1 heterocycles. The summed E-state index contributed by atoms with van der Waals surface area (Å²) < 4.78 is 0. The van der Waals surface area contributed by atoms with Gasteiger partial charge in [-0.05, 0) is 30.4 Å². The van der Waals surface area contributed by atoms with Crippen LogP contribution >= 0.6 is 11.3 Å². The standard InChI is InChI=1S/C12H15NOS/c1-4-6-10(5-2)13-12(14)11-9(3)7-8-15-11/h1,7-8,10H,5-6H2,2-3H3,(H,13,14). The number of hydrogen-bond donors (Lipinski definition) is 1. The van der Waals surface area contributed by atoms with E-state index in [9.17, 15) is 4.79 Å². The number of carbonyl (C=O) groups excluding carboxylic acids is 1. The van der Waals surface area contributed by atoms with E-state index in [0.29, 0.717) is 6.42 Å². The van der Waals surface area contributed by atoms with Gasteiger partial charge in [0, 0.05) is 12.5 Å². The second kappa shape index (κ2) is 5.57. The predicted molar refractivity (Wildman–Crippen MR) is 64.1 cm³/mol. The summed E-state index contributed by atoms with van der Waals surface area (Å²) in [5.74, 6) is 2.56. The summed E-state index contributed by atoms with van der Waals surface area (Å²) in [6.07, 6.45) is 6.68. The maximum absolute atomic E-state index is 11.8. The van der Waals surface area contributed by atoms with E-state index in [1.807, 2.05) is 25.3 Å². The summed E-state index contributed by atoms with van der Waals surface area (Å²) in [5.41, 5.74) is 1.02. The normalized spacial score (nSPS) is 11.8. The summed E-state index contributed by atoms with van der Waals surface area (Å²) in [4.78, 5) is 12.6. The molecule has 2 nitrogen and oxygen atoms in total.